The van der Waals surface area contributed by atoms with Crippen molar-refractivity contribution in [1.29, 1.82) is 5.26 Å². The van der Waals surface area contributed by atoms with Crippen LogP contribution in [0, 0.1) is 11.3 Å². The fraction of sp³-hybridized carbons (Fsp3) is 0.286. The summed E-state index contributed by atoms with van der Waals surface area (Å²) in [7, 11) is 0. The van der Waals surface area contributed by atoms with E-state index in [-0.39, 0.29) is 0 Å². The standard InChI is InChI=1S/C14H12N2OS/c15-8-11-7-10-3-1-5-13(10)16-14(11)18-9-12-4-2-6-17-12/h2,4,6-7H,1,3,5,9H2. The first-order valence-corrected chi connectivity index (χ1v) is 6.93. The summed E-state index contributed by atoms with van der Waals surface area (Å²) >= 11 is 1.57. The van der Waals surface area contributed by atoms with Crippen molar-refractivity contribution >= 4 is 11.8 Å². The molecule has 0 N–H and O–H groups in total. The van der Waals surface area contributed by atoms with E-state index in [0.29, 0.717) is 11.3 Å². The molecule has 0 saturated carbocycles. The maximum Gasteiger partial charge on any atom is 0.115 e. The molecule has 0 unspecified atom stereocenters. The van der Waals surface area contributed by atoms with Gasteiger partial charge in [0, 0.05) is 5.69 Å². The number of aryl methyl sites for hydroxylation is 2. The van der Waals surface area contributed by atoms with Gasteiger partial charge < -0.3 is 4.42 Å². The Kier molecular flexibility index (Phi) is 3.07. The summed E-state index contributed by atoms with van der Waals surface area (Å²) in [5, 5.41) is 10.0. The van der Waals surface area contributed by atoms with E-state index in [2.05, 4.69) is 11.1 Å². The zero-order valence-electron chi connectivity index (χ0n) is 9.85. The minimum atomic E-state index is 0.687. The van der Waals surface area contributed by atoms with Gasteiger partial charge in [-0.05, 0) is 43.0 Å². The monoisotopic (exact) mass is 256 g/mol. The van der Waals surface area contributed by atoms with Crippen LogP contribution >= 0.6 is 11.8 Å². The first kappa shape index (κ1) is 11.4. The van der Waals surface area contributed by atoms with Crippen LogP contribution in [0.2, 0.25) is 0 Å². The largest absolute Gasteiger partial charge is 0.468 e. The highest BCUT2D eigenvalue weighted by Crippen LogP contribution is 2.29. The number of hydrogen-bond donors (Lipinski definition) is 0. The van der Waals surface area contributed by atoms with Crippen molar-refractivity contribution in [2.45, 2.75) is 30.0 Å². The third kappa shape index (κ3) is 2.14. The Balaban J connectivity index is 1.85. The molecule has 4 heteroatoms. The number of furan rings is 1. The SMILES string of the molecule is N#Cc1cc2c(nc1SCc1ccco1)CCC2. The Morgan fingerprint density at radius 3 is 3.17 bits per heavy atom. The van der Waals surface area contributed by atoms with E-state index < -0.39 is 0 Å². The number of fused-ring (bicyclic) bond motifs is 1. The lowest BCUT2D eigenvalue weighted by molar-refractivity contribution is 0.530. The Hall–Kier alpha value is -1.73. The maximum absolute atomic E-state index is 9.18. The average molecular weight is 256 g/mol. The Morgan fingerprint density at radius 2 is 2.39 bits per heavy atom. The number of hydrogen-bond acceptors (Lipinski definition) is 4. The lowest BCUT2D eigenvalue weighted by atomic mass is 10.2. The summed E-state index contributed by atoms with van der Waals surface area (Å²) in [6, 6.07) is 8.05. The molecule has 0 bridgehead atoms. The molecule has 1 aliphatic rings. The molecule has 0 spiro atoms. The summed E-state index contributed by atoms with van der Waals surface area (Å²) in [6.07, 6.45) is 4.91. The highest BCUT2D eigenvalue weighted by Gasteiger charge is 2.16. The number of pyridine rings is 1. The Bertz CT molecular complexity index is 599. The summed E-state index contributed by atoms with van der Waals surface area (Å²) in [5.41, 5.74) is 3.09. The molecule has 2 aromatic rings. The Labute approximate surface area is 110 Å². The topological polar surface area (TPSA) is 49.8 Å². The number of thioether (sulfide) groups is 1. The molecule has 0 aliphatic heterocycles. The summed E-state index contributed by atoms with van der Waals surface area (Å²) < 4.78 is 5.29. The minimum absolute atomic E-state index is 0.687. The fourth-order valence-corrected chi connectivity index (χ4v) is 3.06. The van der Waals surface area contributed by atoms with Crippen LogP contribution in [0.3, 0.4) is 0 Å². The third-order valence-electron chi connectivity index (χ3n) is 3.07. The maximum atomic E-state index is 9.18. The highest BCUT2D eigenvalue weighted by atomic mass is 32.2. The lowest BCUT2D eigenvalue weighted by Gasteiger charge is -2.05. The van der Waals surface area contributed by atoms with Crippen molar-refractivity contribution in [3.8, 4) is 6.07 Å². The first-order valence-electron chi connectivity index (χ1n) is 5.95. The van der Waals surface area contributed by atoms with Crippen molar-refractivity contribution in [3.05, 3.63) is 47.0 Å². The fourth-order valence-electron chi connectivity index (χ4n) is 2.18. The molecule has 0 fully saturated rings. The van der Waals surface area contributed by atoms with Gasteiger partial charge >= 0.3 is 0 Å². The van der Waals surface area contributed by atoms with Gasteiger partial charge in [-0.25, -0.2) is 4.98 Å². The predicted octanol–water partition coefficient (Wildman–Crippen LogP) is 3.33. The van der Waals surface area contributed by atoms with Gasteiger partial charge in [0.2, 0.25) is 0 Å². The summed E-state index contributed by atoms with van der Waals surface area (Å²) in [4.78, 5) is 4.62. The van der Waals surface area contributed by atoms with Crippen molar-refractivity contribution in [2.75, 3.05) is 0 Å². The van der Waals surface area contributed by atoms with Gasteiger partial charge in [0.1, 0.15) is 16.9 Å². The van der Waals surface area contributed by atoms with E-state index in [1.807, 2.05) is 18.2 Å². The van der Waals surface area contributed by atoms with E-state index in [1.54, 1.807) is 18.0 Å². The molecule has 90 valence electrons. The van der Waals surface area contributed by atoms with E-state index in [0.717, 1.165) is 35.7 Å². The van der Waals surface area contributed by atoms with Crippen LogP contribution in [0.15, 0.2) is 33.9 Å². The van der Waals surface area contributed by atoms with E-state index in [4.69, 9.17) is 4.42 Å². The average Bonchev–Trinajstić information content (AvgIpc) is 3.05. The van der Waals surface area contributed by atoms with Gasteiger partial charge in [-0.15, -0.1) is 0 Å². The van der Waals surface area contributed by atoms with Gasteiger partial charge in [-0.2, -0.15) is 5.26 Å². The third-order valence-corrected chi connectivity index (χ3v) is 4.08. The smallest absolute Gasteiger partial charge is 0.115 e. The first-order chi connectivity index (χ1) is 8.86. The van der Waals surface area contributed by atoms with Gasteiger partial charge in [-0.3, -0.25) is 0 Å². The summed E-state index contributed by atoms with van der Waals surface area (Å²) in [5.74, 6) is 1.62. The zero-order chi connectivity index (χ0) is 12.4. The molecule has 1 aliphatic carbocycles. The van der Waals surface area contributed by atoms with Gasteiger partial charge in [0.25, 0.3) is 0 Å². The second kappa shape index (κ2) is 4.87. The van der Waals surface area contributed by atoms with Gasteiger partial charge in [0.05, 0.1) is 17.6 Å². The van der Waals surface area contributed by atoms with Crippen LogP contribution in [0.4, 0.5) is 0 Å². The van der Waals surface area contributed by atoms with Crippen molar-refractivity contribution in [1.82, 2.24) is 4.98 Å². The van der Waals surface area contributed by atoms with Crippen LogP contribution in [0.1, 0.15) is 29.0 Å². The van der Waals surface area contributed by atoms with Crippen LogP contribution < -0.4 is 0 Å². The van der Waals surface area contributed by atoms with E-state index in [1.165, 1.54) is 5.56 Å². The van der Waals surface area contributed by atoms with Gasteiger partial charge in [-0.1, -0.05) is 11.8 Å². The zero-order valence-corrected chi connectivity index (χ0v) is 10.7. The second-order valence-electron chi connectivity index (χ2n) is 4.28. The molecule has 0 atom stereocenters. The van der Waals surface area contributed by atoms with Crippen LogP contribution in [-0.2, 0) is 18.6 Å². The summed E-state index contributed by atoms with van der Waals surface area (Å²) in [6.45, 7) is 0. The normalized spacial score (nSPS) is 13.3. The molecule has 0 aromatic carbocycles. The van der Waals surface area contributed by atoms with E-state index in [9.17, 15) is 5.26 Å². The molecule has 18 heavy (non-hydrogen) atoms. The van der Waals surface area contributed by atoms with Gasteiger partial charge in [0.15, 0.2) is 0 Å². The second-order valence-corrected chi connectivity index (χ2v) is 5.24. The number of aromatic nitrogens is 1. The molecule has 3 nitrogen and oxygen atoms in total. The number of nitriles is 1. The molecular formula is C14H12N2OS. The van der Waals surface area contributed by atoms with Crippen molar-refractivity contribution in [2.24, 2.45) is 0 Å². The molecule has 0 saturated heterocycles. The van der Waals surface area contributed by atoms with E-state index >= 15 is 0 Å². The molecular weight excluding hydrogens is 244 g/mol. The minimum Gasteiger partial charge on any atom is -0.468 e. The molecule has 2 aromatic heterocycles. The number of rotatable bonds is 3. The Morgan fingerprint density at radius 1 is 1.44 bits per heavy atom. The van der Waals surface area contributed by atoms with Crippen molar-refractivity contribution < 1.29 is 4.42 Å². The van der Waals surface area contributed by atoms with Crippen LogP contribution in [0.5, 0.6) is 0 Å². The quantitative estimate of drug-likeness (QED) is 0.790. The molecule has 2 heterocycles. The molecule has 3 rings (SSSR count). The molecule has 0 amide bonds. The number of nitrogens with zero attached hydrogens (tertiary/aromatic N) is 2. The van der Waals surface area contributed by atoms with Crippen LogP contribution in [-0.4, -0.2) is 4.98 Å². The molecule has 0 radical (unpaired) electrons. The lowest BCUT2D eigenvalue weighted by Crippen LogP contribution is -1.95. The van der Waals surface area contributed by atoms with Crippen molar-refractivity contribution in [3.63, 3.8) is 0 Å². The van der Waals surface area contributed by atoms with Crippen LogP contribution in [0.25, 0.3) is 0 Å². The predicted molar refractivity (Wildman–Crippen MR) is 69.2 cm³/mol. The highest BCUT2D eigenvalue weighted by molar-refractivity contribution is 7.98.